The van der Waals surface area contributed by atoms with E-state index in [1.54, 1.807) is 0 Å². The van der Waals surface area contributed by atoms with Crippen molar-refractivity contribution in [3.63, 3.8) is 0 Å². The summed E-state index contributed by atoms with van der Waals surface area (Å²) in [4.78, 5) is 12.4. The molecule has 114 valence electrons. The number of imidazole rings is 1. The highest BCUT2D eigenvalue weighted by Gasteiger charge is 2.44. The number of fused-ring (bicyclic) bond motifs is 1. The molecule has 5 N–H and O–H groups in total. The van der Waals surface area contributed by atoms with Gasteiger partial charge in [0.1, 0.15) is 29.7 Å². The maximum Gasteiger partial charge on any atom is 0.168 e. The number of aliphatic hydroxyl groups excluding tert-OH is 3. The minimum absolute atomic E-state index is 0.203. The van der Waals surface area contributed by atoms with Crippen LogP contribution >= 0.6 is 12.6 Å². The van der Waals surface area contributed by atoms with Gasteiger partial charge in [0, 0.05) is 0 Å². The molecule has 0 saturated carbocycles. The number of hydrogen-bond donors (Lipinski definition) is 5. The van der Waals surface area contributed by atoms with Gasteiger partial charge in [-0.05, 0) is 0 Å². The van der Waals surface area contributed by atoms with E-state index in [1.165, 1.54) is 10.9 Å². The SMILES string of the molecule is Nc1nc(CS)nc2c1ncn2[C@@H]1O[C@H](CO)C(O)C1O. The van der Waals surface area contributed by atoms with Crippen LogP contribution in [0, 0.1) is 0 Å². The zero-order valence-electron chi connectivity index (χ0n) is 10.9. The average Bonchev–Trinajstić information content (AvgIpc) is 3.02. The number of hydrogen-bond acceptors (Lipinski definition) is 9. The minimum atomic E-state index is -1.21. The summed E-state index contributed by atoms with van der Waals surface area (Å²) in [5.41, 5.74) is 6.56. The van der Waals surface area contributed by atoms with E-state index in [9.17, 15) is 10.2 Å². The molecule has 0 amide bonds. The molecule has 1 saturated heterocycles. The van der Waals surface area contributed by atoms with Gasteiger partial charge in [0.15, 0.2) is 17.7 Å². The molecule has 1 aliphatic heterocycles. The lowest BCUT2D eigenvalue weighted by molar-refractivity contribution is -0.0511. The Kier molecular flexibility index (Phi) is 3.71. The van der Waals surface area contributed by atoms with Crippen molar-refractivity contribution in [3.05, 3.63) is 12.2 Å². The van der Waals surface area contributed by atoms with Crippen molar-refractivity contribution in [2.24, 2.45) is 0 Å². The van der Waals surface area contributed by atoms with Gasteiger partial charge in [0.25, 0.3) is 0 Å². The van der Waals surface area contributed by atoms with Crippen LogP contribution in [0.1, 0.15) is 12.1 Å². The first-order chi connectivity index (χ1) is 10.1. The standard InChI is InChI=1S/C11H15N5O4S/c12-9-6-10(15-5(2-21)14-9)16(3-13-6)11-8(19)7(18)4(1-17)20-11/h3-4,7-8,11,17-19,21H,1-2H2,(H2,12,14,15)/t4-,7?,8?,11-/m1/s1. The second-order valence-corrected chi connectivity index (χ2v) is 5.05. The Hall–Kier alpha value is -1.46. The maximum absolute atomic E-state index is 10.1. The van der Waals surface area contributed by atoms with Gasteiger partial charge >= 0.3 is 0 Å². The number of anilines is 1. The highest BCUT2D eigenvalue weighted by atomic mass is 32.1. The lowest BCUT2D eigenvalue weighted by Gasteiger charge is -2.16. The summed E-state index contributed by atoms with van der Waals surface area (Å²) in [6, 6.07) is 0. The summed E-state index contributed by atoms with van der Waals surface area (Å²) in [6.45, 7) is -0.402. The van der Waals surface area contributed by atoms with Crippen LogP contribution in [0.25, 0.3) is 11.2 Å². The molecule has 1 aliphatic rings. The third-order valence-corrected chi connectivity index (χ3v) is 3.71. The van der Waals surface area contributed by atoms with Gasteiger partial charge in [-0.25, -0.2) is 15.0 Å². The first-order valence-electron chi connectivity index (χ1n) is 6.29. The summed E-state index contributed by atoms with van der Waals surface area (Å²) in [6.07, 6.45) is -2.79. The molecule has 3 rings (SSSR count). The van der Waals surface area contributed by atoms with Crippen LogP contribution in [-0.2, 0) is 10.5 Å². The molecule has 0 spiro atoms. The number of nitrogens with zero attached hydrogens (tertiary/aromatic N) is 4. The van der Waals surface area contributed by atoms with Crippen LogP contribution in [0.3, 0.4) is 0 Å². The van der Waals surface area contributed by atoms with E-state index < -0.39 is 31.1 Å². The Morgan fingerprint density at radius 1 is 1.33 bits per heavy atom. The second kappa shape index (κ2) is 5.39. The Morgan fingerprint density at radius 2 is 2.10 bits per heavy atom. The third kappa shape index (κ3) is 2.24. The monoisotopic (exact) mass is 313 g/mol. The summed E-state index contributed by atoms with van der Waals surface area (Å²) >= 11 is 4.11. The Labute approximate surface area is 124 Å². The number of aliphatic hydroxyl groups is 3. The van der Waals surface area contributed by atoms with Gasteiger partial charge in [-0.15, -0.1) is 0 Å². The van der Waals surface area contributed by atoms with Gasteiger partial charge in [-0.1, -0.05) is 0 Å². The smallest absolute Gasteiger partial charge is 0.168 e. The molecule has 2 aromatic heterocycles. The van der Waals surface area contributed by atoms with E-state index >= 15 is 0 Å². The number of aromatic nitrogens is 4. The van der Waals surface area contributed by atoms with Crippen molar-refractivity contribution in [1.29, 1.82) is 0 Å². The lowest BCUT2D eigenvalue weighted by atomic mass is 10.1. The molecule has 21 heavy (non-hydrogen) atoms. The van der Waals surface area contributed by atoms with Crippen LogP contribution in [0.5, 0.6) is 0 Å². The normalized spacial score (nSPS) is 29.3. The van der Waals surface area contributed by atoms with Gasteiger partial charge in [-0.3, -0.25) is 4.57 Å². The quantitative estimate of drug-likeness (QED) is 0.429. The Bertz CT molecular complexity index is 665. The summed E-state index contributed by atoms with van der Waals surface area (Å²) < 4.78 is 6.92. The second-order valence-electron chi connectivity index (χ2n) is 4.74. The average molecular weight is 313 g/mol. The zero-order chi connectivity index (χ0) is 15.1. The molecule has 2 aromatic rings. The van der Waals surface area contributed by atoms with E-state index in [4.69, 9.17) is 15.6 Å². The molecule has 9 nitrogen and oxygen atoms in total. The first-order valence-corrected chi connectivity index (χ1v) is 6.92. The fourth-order valence-corrected chi connectivity index (χ4v) is 2.49. The highest BCUT2D eigenvalue weighted by Crippen LogP contribution is 2.31. The number of rotatable bonds is 3. The molecule has 0 aromatic carbocycles. The summed E-state index contributed by atoms with van der Waals surface area (Å²) in [5.74, 6) is 0.910. The van der Waals surface area contributed by atoms with Crippen molar-refractivity contribution in [2.45, 2.75) is 30.3 Å². The van der Waals surface area contributed by atoms with E-state index in [0.717, 1.165) is 0 Å². The molecule has 4 atom stereocenters. The number of nitrogen functional groups attached to an aromatic ring is 1. The van der Waals surface area contributed by atoms with Crippen LogP contribution in [0.4, 0.5) is 5.82 Å². The largest absolute Gasteiger partial charge is 0.394 e. The Balaban J connectivity index is 2.07. The van der Waals surface area contributed by atoms with Crippen LogP contribution < -0.4 is 5.73 Å². The first kappa shape index (κ1) is 14.5. The fourth-order valence-electron chi connectivity index (χ4n) is 2.35. The summed E-state index contributed by atoms with van der Waals surface area (Å²) in [5, 5.41) is 29.0. The van der Waals surface area contributed by atoms with E-state index in [2.05, 4.69) is 27.6 Å². The summed E-state index contributed by atoms with van der Waals surface area (Å²) in [7, 11) is 0. The van der Waals surface area contributed by atoms with Gasteiger partial charge in [0.2, 0.25) is 0 Å². The van der Waals surface area contributed by atoms with Crippen LogP contribution in [-0.4, -0.2) is 59.8 Å². The van der Waals surface area contributed by atoms with Crippen molar-refractivity contribution < 1.29 is 20.1 Å². The molecule has 0 radical (unpaired) electrons. The van der Waals surface area contributed by atoms with Crippen molar-refractivity contribution in [3.8, 4) is 0 Å². The molecule has 1 fully saturated rings. The molecular weight excluding hydrogens is 298 g/mol. The molecule has 10 heteroatoms. The van der Waals surface area contributed by atoms with E-state index in [1.807, 2.05) is 0 Å². The number of thiol groups is 1. The lowest BCUT2D eigenvalue weighted by Crippen LogP contribution is -2.33. The van der Waals surface area contributed by atoms with E-state index in [-0.39, 0.29) is 5.82 Å². The predicted molar refractivity (Wildman–Crippen MR) is 75.4 cm³/mol. The van der Waals surface area contributed by atoms with Crippen LogP contribution in [0.15, 0.2) is 6.33 Å². The number of nitrogens with two attached hydrogens (primary N) is 1. The number of ether oxygens (including phenoxy) is 1. The van der Waals surface area contributed by atoms with Gasteiger partial charge in [0.05, 0.1) is 18.7 Å². The van der Waals surface area contributed by atoms with Crippen molar-refractivity contribution >= 4 is 29.6 Å². The highest BCUT2D eigenvalue weighted by molar-refractivity contribution is 7.79. The van der Waals surface area contributed by atoms with Gasteiger partial charge in [-0.2, -0.15) is 12.6 Å². The van der Waals surface area contributed by atoms with Crippen LogP contribution in [0.2, 0.25) is 0 Å². The molecule has 3 heterocycles. The molecule has 2 unspecified atom stereocenters. The fraction of sp³-hybridized carbons (Fsp3) is 0.545. The predicted octanol–water partition coefficient (Wildman–Crippen LogP) is -1.55. The topological polar surface area (TPSA) is 140 Å². The van der Waals surface area contributed by atoms with Crippen molar-refractivity contribution in [2.75, 3.05) is 12.3 Å². The van der Waals surface area contributed by atoms with Gasteiger partial charge < -0.3 is 25.8 Å². The molecule has 0 bridgehead atoms. The Morgan fingerprint density at radius 3 is 2.71 bits per heavy atom. The molecular formula is C11H15N5O4S. The van der Waals surface area contributed by atoms with E-state index in [0.29, 0.717) is 22.7 Å². The van der Waals surface area contributed by atoms with Crippen molar-refractivity contribution in [1.82, 2.24) is 19.5 Å². The zero-order valence-corrected chi connectivity index (χ0v) is 11.8. The maximum atomic E-state index is 10.1. The molecule has 0 aliphatic carbocycles. The minimum Gasteiger partial charge on any atom is -0.394 e. The third-order valence-electron chi connectivity index (χ3n) is 3.43.